The summed E-state index contributed by atoms with van der Waals surface area (Å²) in [7, 11) is 1.63. The molecule has 1 rings (SSSR count). The fourth-order valence-corrected chi connectivity index (χ4v) is 2.21. The van der Waals surface area contributed by atoms with Crippen molar-refractivity contribution in [3.63, 3.8) is 0 Å². The highest BCUT2D eigenvalue weighted by Gasteiger charge is 2.07. The SMILES string of the molecule is COc1ccc(CN(CCO)CCO)cc1Br. The van der Waals surface area contributed by atoms with Gasteiger partial charge in [0.15, 0.2) is 0 Å². The van der Waals surface area contributed by atoms with Gasteiger partial charge in [0.05, 0.1) is 24.8 Å². The molecule has 0 aliphatic heterocycles. The molecular formula is C12H18BrNO3. The summed E-state index contributed by atoms with van der Waals surface area (Å²) in [5.41, 5.74) is 1.11. The van der Waals surface area contributed by atoms with Gasteiger partial charge in [-0.15, -0.1) is 0 Å². The van der Waals surface area contributed by atoms with Crippen molar-refractivity contribution in [3.8, 4) is 5.75 Å². The maximum Gasteiger partial charge on any atom is 0.133 e. The molecule has 0 saturated heterocycles. The number of aliphatic hydroxyl groups is 2. The Hall–Kier alpha value is -0.620. The second-order valence-electron chi connectivity index (χ2n) is 3.69. The van der Waals surface area contributed by atoms with Gasteiger partial charge in [-0.2, -0.15) is 0 Å². The molecule has 96 valence electrons. The minimum absolute atomic E-state index is 0.0946. The first-order valence-electron chi connectivity index (χ1n) is 5.47. The average molecular weight is 304 g/mol. The Morgan fingerprint density at radius 3 is 2.35 bits per heavy atom. The van der Waals surface area contributed by atoms with E-state index in [-0.39, 0.29) is 13.2 Å². The third kappa shape index (κ3) is 4.63. The normalized spacial score (nSPS) is 10.9. The predicted octanol–water partition coefficient (Wildman–Crippen LogP) is 1.24. The Labute approximate surface area is 110 Å². The van der Waals surface area contributed by atoms with Crippen molar-refractivity contribution in [1.82, 2.24) is 4.90 Å². The zero-order valence-corrected chi connectivity index (χ0v) is 11.5. The van der Waals surface area contributed by atoms with Crippen LogP contribution in [0.1, 0.15) is 5.56 Å². The Bertz CT molecular complexity index is 341. The highest BCUT2D eigenvalue weighted by molar-refractivity contribution is 9.10. The number of halogens is 1. The molecule has 5 heteroatoms. The van der Waals surface area contributed by atoms with Crippen LogP contribution in [0.15, 0.2) is 22.7 Å². The van der Waals surface area contributed by atoms with Crippen LogP contribution in [0.2, 0.25) is 0 Å². The maximum atomic E-state index is 8.93. The van der Waals surface area contributed by atoms with E-state index >= 15 is 0 Å². The summed E-state index contributed by atoms with van der Waals surface area (Å²) in [6, 6.07) is 5.86. The van der Waals surface area contributed by atoms with Crippen molar-refractivity contribution in [2.24, 2.45) is 0 Å². The quantitative estimate of drug-likeness (QED) is 0.796. The van der Waals surface area contributed by atoms with E-state index in [1.54, 1.807) is 7.11 Å². The standard InChI is InChI=1S/C12H18BrNO3/c1-17-12-3-2-10(8-11(12)13)9-14(4-6-15)5-7-16/h2-3,8,15-16H,4-7,9H2,1H3. The second kappa shape index (κ2) is 7.66. The van der Waals surface area contributed by atoms with Crippen LogP contribution in [0.25, 0.3) is 0 Å². The largest absolute Gasteiger partial charge is 0.496 e. The number of hydrogen-bond acceptors (Lipinski definition) is 4. The minimum Gasteiger partial charge on any atom is -0.496 e. The van der Waals surface area contributed by atoms with E-state index in [1.165, 1.54) is 0 Å². The van der Waals surface area contributed by atoms with Crippen molar-refractivity contribution in [1.29, 1.82) is 0 Å². The van der Waals surface area contributed by atoms with E-state index in [9.17, 15) is 0 Å². The van der Waals surface area contributed by atoms with Crippen LogP contribution in [0.5, 0.6) is 5.75 Å². The number of rotatable bonds is 7. The van der Waals surface area contributed by atoms with Gasteiger partial charge in [-0.3, -0.25) is 4.90 Å². The number of benzene rings is 1. The summed E-state index contributed by atoms with van der Waals surface area (Å²) in [5, 5.41) is 17.9. The van der Waals surface area contributed by atoms with Gasteiger partial charge in [0, 0.05) is 19.6 Å². The first-order chi connectivity index (χ1) is 8.21. The molecule has 0 spiro atoms. The summed E-state index contributed by atoms with van der Waals surface area (Å²) in [6.07, 6.45) is 0. The minimum atomic E-state index is 0.0946. The molecule has 0 amide bonds. The molecule has 2 N–H and O–H groups in total. The van der Waals surface area contributed by atoms with Crippen molar-refractivity contribution < 1.29 is 14.9 Å². The van der Waals surface area contributed by atoms with Gasteiger partial charge >= 0.3 is 0 Å². The lowest BCUT2D eigenvalue weighted by Gasteiger charge is -2.20. The van der Waals surface area contributed by atoms with Gasteiger partial charge in [-0.05, 0) is 33.6 Å². The maximum absolute atomic E-state index is 8.93. The van der Waals surface area contributed by atoms with Gasteiger partial charge in [0.2, 0.25) is 0 Å². The Morgan fingerprint density at radius 1 is 1.24 bits per heavy atom. The number of methoxy groups -OCH3 is 1. The molecule has 0 aromatic heterocycles. The highest BCUT2D eigenvalue weighted by Crippen LogP contribution is 2.25. The Kier molecular flexibility index (Phi) is 6.50. The van der Waals surface area contributed by atoms with Crippen LogP contribution < -0.4 is 4.74 Å². The van der Waals surface area contributed by atoms with E-state index in [0.29, 0.717) is 19.6 Å². The number of aliphatic hydroxyl groups excluding tert-OH is 2. The molecule has 0 aliphatic carbocycles. The number of ether oxygens (including phenoxy) is 1. The summed E-state index contributed by atoms with van der Waals surface area (Å²) in [6.45, 7) is 2.01. The van der Waals surface area contributed by atoms with Gasteiger partial charge in [0.25, 0.3) is 0 Å². The summed E-state index contributed by atoms with van der Waals surface area (Å²) >= 11 is 3.43. The molecule has 17 heavy (non-hydrogen) atoms. The average Bonchev–Trinajstić information content (AvgIpc) is 2.30. The molecule has 4 nitrogen and oxygen atoms in total. The molecule has 0 radical (unpaired) electrons. The molecule has 0 unspecified atom stereocenters. The van der Waals surface area contributed by atoms with Crippen LogP contribution in [0, 0.1) is 0 Å². The van der Waals surface area contributed by atoms with E-state index in [0.717, 1.165) is 15.8 Å². The van der Waals surface area contributed by atoms with Crippen LogP contribution in [-0.2, 0) is 6.54 Å². The molecule has 0 bridgehead atoms. The van der Waals surface area contributed by atoms with Crippen molar-refractivity contribution in [3.05, 3.63) is 28.2 Å². The lowest BCUT2D eigenvalue weighted by Crippen LogP contribution is -2.29. The molecular weight excluding hydrogens is 286 g/mol. The molecule has 0 saturated carbocycles. The monoisotopic (exact) mass is 303 g/mol. The van der Waals surface area contributed by atoms with Gasteiger partial charge in [-0.1, -0.05) is 6.07 Å². The number of nitrogens with zero attached hydrogens (tertiary/aromatic N) is 1. The summed E-state index contributed by atoms with van der Waals surface area (Å²) in [5.74, 6) is 0.796. The van der Waals surface area contributed by atoms with E-state index in [4.69, 9.17) is 14.9 Å². The summed E-state index contributed by atoms with van der Waals surface area (Å²) in [4.78, 5) is 1.99. The number of hydrogen-bond donors (Lipinski definition) is 2. The highest BCUT2D eigenvalue weighted by atomic mass is 79.9. The van der Waals surface area contributed by atoms with Crippen LogP contribution in [-0.4, -0.2) is 48.5 Å². The van der Waals surface area contributed by atoms with Crippen LogP contribution >= 0.6 is 15.9 Å². The third-order valence-electron chi connectivity index (χ3n) is 2.45. The molecule has 1 aromatic rings. The first-order valence-corrected chi connectivity index (χ1v) is 6.27. The fraction of sp³-hybridized carbons (Fsp3) is 0.500. The molecule has 0 heterocycles. The topological polar surface area (TPSA) is 52.9 Å². The van der Waals surface area contributed by atoms with E-state index < -0.39 is 0 Å². The van der Waals surface area contributed by atoms with Gasteiger partial charge in [0.1, 0.15) is 5.75 Å². The zero-order chi connectivity index (χ0) is 12.7. The molecule has 0 atom stereocenters. The molecule has 0 fully saturated rings. The third-order valence-corrected chi connectivity index (χ3v) is 3.07. The molecule has 1 aromatic carbocycles. The Balaban J connectivity index is 2.68. The predicted molar refractivity (Wildman–Crippen MR) is 70.1 cm³/mol. The Morgan fingerprint density at radius 2 is 1.88 bits per heavy atom. The van der Waals surface area contributed by atoms with Crippen molar-refractivity contribution in [2.75, 3.05) is 33.4 Å². The first kappa shape index (κ1) is 14.4. The van der Waals surface area contributed by atoms with Gasteiger partial charge in [-0.25, -0.2) is 0 Å². The summed E-state index contributed by atoms with van der Waals surface area (Å²) < 4.78 is 6.07. The van der Waals surface area contributed by atoms with Crippen molar-refractivity contribution in [2.45, 2.75) is 6.54 Å². The second-order valence-corrected chi connectivity index (χ2v) is 4.55. The van der Waals surface area contributed by atoms with Crippen molar-refractivity contribution >= 4 is 15.9 Å². The van der Waals surface area contributed by atoms with Crippen LogP contribution in [0.4, 0.5) is 0 Å². The smallest absolute Gasteiger partial charge is 0.133 e. The van der Waals surface area contributed by atoms with E-state index in [2.05, 4.69) is 15.9 Å². The molecule has 0 aliphatic rings. The lowest BCUT2D eigenvalue weighted by atomic mass is 10.2. The lowest BCUT2D eigenvalue weighted by molar-refractivity contribution is 0.156. The van der Waals surface area contributed by atoms with Gasteiger partial charge < -0.3 is 14.9 Å². The van der Waals surface area contributed by atoms with E-state index in [1.807, 2.05) is 23.1 Å². The zero-order valence-electron chi connectivity index (χ0n) is 9.90. The van der Waals surface area contributed by atoms with Crippen LogP contribution in [0.3, 0.4) is 0 Å². The fourth-order valence-electron chi connectivity index (χ4n) is 1.62.